The zero-order chi connectivity index (χ0) is 17.9. The molecule has 0 saturated carbocycles. The first kappa shape index (κ1) is 15.8. The van der Waals surface area contributed by atoms with Crippen molar-refractivity contribution in [2.75, 3.05) is 0 Å². The molecule has 0 spiro atoms. The van der Waals surface area contributed by atoms with Gasteiger partial charge in [-0.15, -0.1) is 0 Å². The zero-order valence-electron chi connectivity index (χ0n) is 13.7. The maximum atomic E-state index is 12.4. The van der Waals surface area contributed by atoms with Crippen molar-refractivity contribution >= 4 is 16.9 Å². The van der Waals surface area contributed by atoms with E-state index in [0.29, 0.717) is 28.0 Å². The molecule has 0 unspecified atom stereocenters. The van der Waals surface area contributed by atoms with Crippen LogP contribution >= 0.6 is 0 Å². The van der Waals surface area contributed by atoms with Gasteiger partial charge in [-0.2, -0.15) is 0 Å². The van der Waals surface area contributed by atoms with E-state index >= 15 is 0 Å². The van der Waals surface area contributed by atoms with E-state index in [4.69, 9.17) is 9.15 Å². The molecule has 0 aliphatic heterocycles. The number of hydrogen-bond acceptors (Lipinski definition) is 4. The van der Waals surface area contributed by atoms with E-state index in [-0.39, 0.29) is 5.43 Å². The van der Waals surface area contributed by atoms with Crippen LogP contribution in [0.3, 0.4) is 0 Å². The Morgan fingerprint density at radius 3 is 2.23 bits per heavy atom. The predicted octanol–water partition coefficient (Wildman–Crippen LogP) is 4.68. The van der Waals surface area contributed by atoms with E-state index in [1.54, 1.807) is 42.5 Å². The van der Waals surface area contributed by atoms with Crippen molar-refractivity contribution in [2.45, 2.75) is 0 Å². The molecule has 4 nitrogen and oxygen atoms in total. The lowest BCUT2D eigenvalue weighted by molar-refractivity contribution is 0.0735. The van der Waals surface area contributed by atoms with Crippen molar-refractivity contribution in [1.82, 2.24) is 0 Å². The van der Waals surface area contributed by atoms with E-state index in [2.05, 4.69) is 0 Å². The van der Waals surface area contributed by atoms with Gasteiger partial charge in [0, 0.05) is 17.7 Å². The molecule has 4 rings (SSSR count). The van der Waals surface area contributed by atoms with E-state index in [1.807, 2.05) is 36.4 Å². The number of esters is 1. The summed E-state index contributed by atoms with van der Waals surface area (Å²) in [6.45, 7) is 0. The molecule has 4 aromatic rings. The third-order valence-electron chi connectivity index (χ3n) is 3.98. The first-order chi connectivity index (χ1) is 12.7. The van der Waals surface area contributed by atoms with Crippen molar-refractivity contribution in [1.29, 1.82) is 0 Å². The number of carbonyl (C=O) groups excluding carboxylic acids is 1. The maximum Gasteiger partial charge on any atom is 0.343 e. The molecule has 0 saturated heterocycles. The van der Waals surface area contributed by atoms with Crippen molar-refractivity contribution in [3.05, 3.63) is 101 Å². The van der Waals surface area contributed by atoms with Gasteiger partial charge in [-0.25, -0.2) is 4.79 Å². The van der Waals surface area contributed by atoms with Crippen LogP contribution < -0.4 is 10.2 Å². The lowest BCUT2D eigenvalue weighted by Gasteiger charge is -2.07. The van der Waals surface area contributed by atoms with Crippen molar-refractivity contribution in [3.8, 4) is 17.1 Å². The third-order valence-corrected chi connectivity index (χ3v) is 3.98. The number of rotatable bonds is 3. The Kier molecular flexibility index (Phi) is 4.07. The highest BCUT2D eigenvalue weighted by Gasteiger charge is 2.11. The largest absolute Gasteiger partial charge is 0.456 e. The van der Waals surface area contributed by atoms with Crippen LogP contribution in [0.2, 0.25) is 0 Å². The lowest BCUT2D eigenvalue weighted by atomic mass is 10.1. The van der Waals surface area contributed by atoms with Gasteiger partial charge in [0.2, 0.25) is 0 Å². The van der Waals surface area contributed by atoms with Crippen LogP contribution in [-0.2, 0) is 0 Å². The van der Waals surface area contributed by atoms with Crippen LogP contribution in [0.5, 0.6) is 5.75 Å². The maximum absolute atomic E-state index is 12.4. The van der Waals surface area contributed by atoms with Crippen molar-refractivity contribution in [3.63, 3.8) is 0 Å². The summed E-state index contributed by atoms with van der Waals surface area (Å²) in [5.41, 5.74) is 1.48. The highest BCUT2D eigenvalue weighted by molar-refractivity contribution is 5.91. The Labute approximate surface area is 149 Å². The molecule has 3 aromatic carbocycles. The van der Waals surface area contributed by atoms with Gasteiger partial charge in [-0.05, 0) is 24.3 Å². The number of benzene rings is 3. The Hall–Kier alpha value is -3.66. The minimum absolute atomic E-state index is 0.147. The molecule has 0 amide bonds. The molecule has 0 N–H and O–H groups in total. The summed E-state index contributed by atoms with van der Waals surface area (Å²) in [7, 11) is 0. The van der Waals surface area contributed by atoms with Crippen LogP contribution in [0.25, 0.3) is 22.3 Å². The lowest BCUT2D eigenvalue weighted by Crippen LogP contribution is -2.08. The van der Waals surface area contributed by atoms with Crippen LogP contribution in [0.1, 0.15) is 10.4 Å². The number of ether oxygens (including phenoxy) is 1. The second kappa shape index (κ2) is 6.69. The van der Waals surface area contributed by atoms with Crippen molar-refractivity contribution < 1.29 is 13.9 Å². The number of hydrogen-bond donors (Lipinski definition) is 0. The molecule has 126 valence electrons. The van der Waals surface area contributed by atoms with Gasteiger partial charge >= 0.3 is 5.97 Å². The Morgan fingerprint density at radius 2 is 1.50 bits per heavy atom. The topological polar surface area (TPSA) is 56.5 Å². The highest BCUT2D eigenvalue weighted by Crippen LogP contribution is 2.25. The molecule has 1 aromatic heterocycles. The summed E-state index contributed by atoms with van der Waals surface area (Å²) in [6.07, 6.45) is 0. The fourth-order valence-electron chi connectivity index (χ4n) is 2.68. The molecular formula is C22H14O4. The summed E-state index contributed by atoms with van der Waals surface area (Å²) < 4.78 is 11.3. The SMILES string of the molecule is O=C(Oc1ccc2c(=O)cc(-c3ccccc3)oc2c1)c1ccccc1. The van der Waals surface area contributed by atoms with Crippen LogP contribution in [0.15, 0.2) is 94.1 Å². The van der Waals surface area contributed by atoms with E-state index < -0.39 is 5.97 Å². The normalized spacial score (nSPS) is 10.6. The fourth-order valence-corrected chi connectivity index (χ4v) is 2.68. The summed E-state index contributed by atoms with van der Waals surface area (Å²) in [4.78, 5) is 24.6. The van der Waals surface area contributed by atoms with Gasteiger partial charge in [0.1, 0.15) is 17.1 Å². The van der Waals surface area contributed by atoms with Gasteiger partial charge in [-0.1, -0.05) is 48.5 Å². The predicted molar refractivity (Wildman–Crippen MR) is 99.3 cm³/mol. The van der Waals surface area contributed by atoms with Crippen LogP contribution in [-0.4, -0.2) is 5.97 Å². The smallest absolute Gasteiger partial charge is 0.343 e. The molecule has 0 bridgehead atoms. The van der Waals surface area contributed by atoms with Crippen LogP contribution in [0, 0.1) is 0 Å². The molecule has 0 atom stereocenters. The Morgan fingerprint density at radius 1 is 0.808 bits per heavy atom. The first-order valence-electron chi connectivity index (χ1n) is 8.11. The summed E-state index contributed by atoms with van der Waals surface area (Å²) in [5.74, 6) is 0.320. The molecule has 0 fully saturated rings. The highest BCUT2D eigenvalue weighted by atomic mass is 16.5. The molecule has 4 heteroatoms. The van der Waals surface area contributed by atoms with Gasteiger partial charge < -0.3 is 9.15 Å². The summed E-state index contributed by atoms with van der Waals surface area (Å²) in [5, 5.41) is 0.434. The quantitative estimate of drug-likeness (QED) is 0.401. The number of fused-ring (bicyclic) bond motifs is 1. The van der Waals surface area contributed by atoms with Crippen LogP contribution in [0.4, 0.5) is 0 Å². The zero-order valence-corrected chi connectivity index (χ0v) is 13.7. The average molecular weight is 342 g/mol. The van der Waals surface area contributed by atoms with Gasteiger partial charge in [0.15, 0.2) is 5.43 Å². The van der Waals surface area contributed by atoms with E-state index in [9.17, 15) is 9.59 Å². The van der Waals surface area contributed by atoms with E-state index in [1.165, 1.54) is 6.07 Å². The molecule has 1 heterocycles. The molecule has 26 heavy (non-hydrogen) atoms. The second-order valence-electron chi connectivity index (χ2n) is 5.75. The number of carbonyl (C=O) groups is 1. The standard InChI is InChI=1S/C22H14O4/c23-19-14-20(15-7-3-1-4-8-15)26-21-13-17(11-12-18(19)21)25-22(24)16-9-5-2-6-10-16/h1-14H. The second-order valence-corrected chi connectivity index (χ2v) is 5.75. The summed E-state index contributed by atoms with van der Waals surface area (Å²) in [6, 6.07) is 24.3. The Bertz CT molecular complexity index is 1130. The van der Waals surface area contributed by atoms with Gasteiger partial charge in [0.05, 0.1) is 10.9 Å². The van der Waals surface area contributed by atoms with Gasteiger partial charge in [0.25, 0.3) is 0 Å². The average Bonchev–Trinajstić information content (AvgIpc) is 2.69. The Balaban J connectivity index is 1.72. The third kappa shape index (κ3) is 3.13. The molecule has 0 radical (unpaired) electrons. The summed E-state index contributed by atoms with van der Waals surface area (Å²) >= 11 is 0. The molecular weight excluding hydrogens is 328 g/mol. The minimum Gasteiger partial charge on any atom is -0.456 e. The monoisotopic (exact) mass is 342 g/mol. The molecule has 0 aliphatic carbocycles. The fraction of sp³-hybridized carbons (Fsp3) is 0. The van der Waals surface area contributed by atoms with Crippen molar-refractivity contribution in [2.24, 2.45) is 0 Å². The molecule has 0 aliphatic rings. The minimum atomic E-state index is -0.466. The first-order valence-corrected chi connectivity index (χ1v) is 8.11. The van der Waals surface area contributed by atoms with Gasteiger partial charge in [-0.3, -0.25) is 4.79 Å². The van der Waals surface area contributed by atoms with E-state index in [0.717, 1.165) is 5.56 Å².